The zero-order valence-corrected chi connectivity index (χ0v) is 40.6. The van der Waals surface area contributed by atoms with Crippen molar-refractivity contribution in [1.82, 2.24) is 0 Å². The molecule has 56 heavy (non-hydrogen) atoms. The third kappa shape index (κ3) is 12.5. The van der Waals surface area contributed by atoms with Crippen LogP contribution in [-0.2, 0) is 31.1 Å². The molecule has 2 unspecified atom stereocenters. The number of rotatable bonds is 15. The molecule has 2 fully saturated rings. The predicted molar refractivity (Wildman–Crippen MR) is 240 cm³/mol. The maximum atomic E-state index is 7.09. The lowest BCUT2D eigenvalue weighted by Crippen LogP contribution is -2.31. The first-order valence-electron chi connectivity index (χ1n) is 21.8. The summed E-state index contributed by atoms with van der Waals surface area (Å²) in [5.41, 5.74) is 7.06. The Morgan fingerprint density at radius 2 is 0.607 bits per heavy atom. The molecular formula is C52H86O4. The molecule has 4 nitrogen and oxygen atoms in total. The van der Waals surface area contributed by atoms with Crippen molar-refractivity contribution in [1.29, 1.82) is 0 Å². The number of hydrogen-bond acceptors (Lipinski definition) is 4. The van der Waals surface area contributed by atoms with Gasteiger partial charge in [-0.05, 0) is 118 Å². The van der Waals surface area contributed by atoms with Crippen molar-refractivity contribution in [2.75, 3.05) is 26.4 Å². The van der Waals surface area contributed by atoms with Gasteiger partial charge in [-0.1, -0.05) is 138 Å². The molecule has 0 saturated carbocycles. The minimum atomic E-state index is -0.227. The van der Waals surface area contributed by atoms with E-state index in [9.17, 15) is 0 Å². The van der Waals surface area contributed by atoms with Crippen LogP contribution in [0, 0.1) is 21.7 Å². The Morgan fingerprint density at radius 1 is 0.411 bits per heavy atom. The van der Waals surface area contributed by atoms with Crippen LogP contribution in [0.25, 0.3) is 11.1 Å². The molecule has 0 amide bonds. The molecule has 0 aromatic heterocycles. The average Bonchev–Trinajstić information content (AvgIpc) is 3.87. The van der Waals surface area contributed by atoms with Gasteiger partial charge < -0.3 is 18.9 Å². The molecule has 2 atom stereocenters. The Bertz CT molecular complexity index is 1470. The molecule has 2 saturated heterocycles. The van der Waals surface area contributed by atoms with E-state index in [-0.39, 0.29) is 54.5 Å². The van der Waals surface area contributed by atoms with E-state index < -0.39 is 0 Å². The monoisotopic (exact) mass is 775 g/mol. The normalized spacial score (nSPS) is 21.3. The second kappa shape index (κ2) is 14.9. The molecule has 2 aliphatic heterocycles. The molecule has 0 radical (unpaired) electrons. The molecule has 4 heteroatoms. The zero-order chi connectivity index (χ0) is 42.9. The van der Waals surface area contributed by atoms with E-state index >= 15 is 0 Å². The van der Waals surface area contributed by atoms with E-state index in [2.05, 4.69) is 177 Å². The highest BCUT2D eigenvalue weighted by Crippen LogP contribution is 2.53. The van der Waals surface area contributed by atoms with E-state index in [1.165, 1.54) is 33.4 Å². The lowest BCUT2D eigenvalue weighted by atomic mass is 9.66. The van der Waals surface area contributed by atoms with Gasteiger partial charge >= 0.3 is 0 Å². The minimum Gasteiger partial charge on any atom is -0.490 e. The highest BCUT2D eigenvalue weighted by atomic mass is 16.6. The summed E-state index contributed by atoms with van der Waals surface area (Å²) in [5, 5.41) is 0. The Hall–Kier alpha value is -2.04. The first-order valence-corrected chi connectivity index (χ1v) is 21.8. The molecular weight excluding hydrogens is 689 g/mol. The van der Waals surface area contributed by atoms with Crippen molar-refractivity contribution in [3.63, 3.8) is 0 Å². The van der Waals surface area contributed by atoms with E-state index in [0.717, 1.165) is 50.4 Å². The maximum Gasteiger partial charge on any atom is 0.126 e. The molecule has 318 valence electrons. The number of hydrogen-bond donors (Lipinski definition) is 0. The first-order chi connectivity index (χ1) is 24.9. The van der Waals surface area contributed by atoms with Crippen LogP contribution in [0.3, 0.4) is 0 Å². The summed E-state index contributed by atoms with van der Waals surface area (Å²) in [4.78, 5) is 0. The molecule has 0 spiro atoms. The van der Waals surface area contributed by atoms with Crippen LogP contribution in [0.15, 0.2) is 24.3 Å². The molecule has 2 aliphatic rings. The van der Waals surface area contributed by atoms with Gasteiger partial charge in [0.2, 0.25) is 0 Å². The van der Waals surface area contributed by atoms with Crippen LogP contribution in [0.2, 0.25) is 0 Å². The van der Waals surface area contributed by atoms with Crippen LogP contribution < -0.4 is 9.47 Å². The molecule has 0 N–H and O–H groups in total. The van der Waals surface area contributed by atoms with Gasteiger partial charge in [0, 0.05) is 22.3 Å². The Balaban J connectivity index is 2.16. The second-order valence-corrected chi connectivity index (χ2v) is 26.3. The highest BCUT2D eigenvalue weighted by Gasteiger charge is 2.44. The topological polar surface area (TPSA) is 43.5 Å². The molecule has 4 rings (SSSR count). The van der Waals surface area contributed by atoms with Crippen molar-refractivity contribution in [3.05, 3.63) is 46.5 Å². The number of epoxide rings is 2. The van der Waals surface area contributed by atoms with Gasteiger partial charge in [-0.25, -0.2) is 0 Å². The lowest BCUT2D eigenvalue weighted by Gasteiger charge is -2.40. The Kier molecular flexibility index (Phi) is 12.4. The summed E-state index contributed by atoms with van der Waals surface area (Å²) in [6.07, 6.45) is 4.09. The van der Waals surface area contributed by atoms with Crippen molar-refractivity contribution in [2.45, 2.75) is 211 Å². The summed E-state index contributed by atoms with van der Waals surface area (Å²) >= 11 is 0. The van der Waals surface area contributed by atoms with Crippen molar-refractivity contribution in [3.8, 4) is 22.6 Å². The summed E-state index contributed by atoms with van der Waals surface area (Å²) in [6, 6.07) is 9.96. The van der Waals surface area contributed by atoms with Gasteiger partial charge in [0.15, 0.2) is 0 Å². The van der Waals surface area contributed by atoms with Gasteiger partial charge in [-0.15, -0.1) is 0 Å². The van der Waals surface area contributed by atoms with Gasteiger partial charge in [0.1, 0.15) is 35.9 Å². The van der Waals surface area contributed by atoms with Crippen molar-refractivity contribution >= 4 is 0 Å². The minimum absolute atomic E-state index is 0.124. The van der Waals surface area contributed by atoms with Crippen LogP contribution in [0.5, 0.6) is 11.5 Å². The van der Waals surface area contributed by atoms with E-state index in [1.54, 1.807) is 0 Å². The SMILES string of the molecule is CC(C)(C)CC(C)(C)c1cc(-c2cc(C(C)(C)CC(C)(C)C)c(OCC3(C)CO3)c(C(C)(C)CC(C)(C)C)c2)cc(C(C)(C)CC(C)(C)C)c1OCC1(C)CO1. The van der Waals surface area contributed by atoms with Gasteiger partial charge in [0.25, 0.3) is 0 Å². The Morgan fingerprint density at radius 3 is 0.768 bits per heavy atom. The molecule has 2 heterocycles. The summed E-state index contributed by atoms with van der Waals surface area (Å²) in [6.45, 7) is 54.7. The number of benzene rings is 2. The molecule has 0 bridgehead atoms. The zero-order valence-electron chi connectivity index (χ0n) is 40.6. The second-order valence-electron chi connectivity index (χ2n) is 26.3. The fourth-order valence-corrected chi connectivity index (χ4v) is 10.5. The highest BCUT2D eigenvalue weighted by molar-refractivity contribution is 5.73. The summed E-state index contributed by atoms with van der Waals surface area (Å²) in [5.74, 6) is 2.10. The first kappa shape index (κ1) is 46.6. The smallest absolute Gasteiger partial charge is 0.126 e. The van der Waals surface area contributed by atoms with Crippen LogP contribution in [0.1, 0.15) is 200 Å². The summed E-state index contributed by atoms with van der Waals surface area (Å²) in [7, 11) is 0. The van der Waals surface area contributed by atoms with Crippen LogP contribution >= 0.6 is 0 Å². The molecule has 2 aromatic carbocycles. The molecule has 2 aromatic rings. The van der Waals surface area contributed by atoms with Crippen molar-refractivity contribution in [2.24, 2.45) is 21.7 Å². The van der Waals surface area contributed by atoms with Gasteiger partial charge in [-0.2, -0.15) is 0 Å². The van der Waals surface area contributed by atoms with E-state index in [4.69, 9.17) is 18.9 Å². The van der Waals surface area contributed by atoms with Crippen LogP contribution in [-0.4, -0.2) is 37.6 Å². The fourth-order valence-electron chi connectivity index (χ4n) is 10.5. The largest absolute Gasteiger partial charge is 0.490 e. The van der Waals surface area contributed by atoms with Gasteiger partial charge in [-0.3, -0.25) is 0 Å². The standard InChI is InChI=1S/C52H86O4/c1-43(2,3)27-47(13,14)37-23-35(24-38(48(15,16)28-44(4,5)6)41(37)53-31-51(21)33-55-51)36-25-39(49(17,18)29-45(7,8)9)42(54-32-52(22)34-56-52)40(26-36)50(19,20)30-46(10,11)12/h23-26H,27-34H2,1-22H3. The van der Waals surface area contributed by atoms with E-state index in [1.807, 2.05) is 0 Å². The third-order valence-corrected chi connectivity index (χ3v) is 11.6. The van der Waals surface area contributed by atoms with E-state index in [0.29, 0.717) is 13.2 Å². The lowest BCUT2D eigenvalue weighted by molar-refractivity contribution is 0.190. The molecule has 0 aliphatic carbocycles. The Labute approximate surface area is 346 Å². The third-order valence-electron chi connectivity index (χ3n) is 11.6. The number of ether oxygens (including phenoxy) is 4. The van der Waals surface area contributed by atoms with Crippen molar-refractivity contribution < 1.29 is 18.9 Å². The predicted octanol–water partition coefficient (Wildman–Crippen LogP) is 14.5. The van der Waals surface area contributed by atoms with Gasteiger partial charge in [0.05, 0.1) is 13.2 Å². The van der Waals surface area contributed by atoms with Crippen LogP contribution in [0.4, 0.5) is 0 Å². The summed E-state index contributed by atoms with van der Waals surface area (Å²) < 4.78 is 26.0. The quantitative estimate of drug-likeness (QED) is 0.169. The fraction of sp³-hybridized carbons (Fsp3) is 0.769. The average molecular weight is 775 g/mol. The maximum absolute atomic E-state index is 7.09.